The highest BCUT2D eigenvalue weighted by molar-refractivity contribution is 5.73. The number of methoxy groups -OCH3 is 2. The van der Waals surface area contributed by atoms with Crippen LogP contribution in [0.5, 0.6) is 17.8 Å². The van der Waals surface area contributed by atoms with Crippen LogP contribution in [0, 0.1) is 0 Å². The van der Waals surface area contributed by atoms with Gasteiger partial charge in [-0.25, -0.2) is 0 Å². The summed E-state index contributed by atoms with van der Waals surface area (Å²) in [5.74, 6) is -1.24. The molecule has 50 heavy (non-hydrogen) atoms. The second kappa shape index (κ2) is 17.4. The molecule has 15 atom stereocenters. The Hall–Kier alpha value is -3.10. The highest BCUT2D eigenvalue weighted by Gasteiger charge is 2.54. The monoisotopic (exact) mass is 724 g/mol. The van der Waals surface area contributed by atoms with E-state index in [-0.39, 0.29) is 17.8 Å². The molecule has 2 amide bonds. The molecule has 22 heteroatoms. The van der Waals surface area contributed by atoms with Gasteiger partial charge in [-0.3, -0.25) is 9.59 Å². The summed E-state index contributed by atoms with van der Waals surface area (Å²) < 4.78 is 44.7. The van der Waals surface area contributed by atoms with Gasteiger partial charge in [-0.15, -0.1) is 0 Å². The van der Waals surface area contributed by atoms with Crippen molar-refractivity contribution in [2.45, 2.75) is 106 Å². The standard InChI is InChI=1S/C28H44N4O18/c1-9(36)29-16-20(40)18(38)11(6-33)45-25(16)48-23-13(8-35)47-27(22(42)21(23)41)49-24-17(30-10(2)37)26(46-12(7-34)19(24)39)50-28-31-14(43-3)5-15(32-28)44-4/h5,11-13,16-27,33-35,38-42H,6-8H2,1-4H3,(H,29,36)(H,30,37)/t11-,12-,13-,16-,17-,18-,19+,20-,21-,22-,23+,24-,25-,26-,27+/m1/s1. The third-order valence-electron chi connectivity index (χ3n) is 8.18. The summed E-state index contributed by atoms with van der Waals surface area (Å²) >= 11 is 0. The van der Waals surface area contributed by atoms with E-state index in [4.69, 9.17) is 37.9 Å². The number of carbonyl (C=O) groups excluding carboxylic acids is 2. The normalized spacial score (nSPS) is 38.9. The van der Waals surface area contributed by atoms with Crippen molar-refractivity contribution in [1.29, 1.82) is 0 Å². The first-order valence-corrected chi connectivity index (χ1v) is 15.4. The molecule has 284 valence electrons. The lowest BCUT2D eigenvalue weighted by molar-refractivity contribution is -0.363. The fourth-order valence-corrected chi connectivity index (χ4v) is 5.70. The topological polar surface area (TPSA) is 320 Å². The van der Waals surface area contributed by atoms with Crippen LogP contribution in [0.25, 0.3) is 0 Å². The zero-order valence-corrected chi connectivity index (χ0v) is 27.4. The summed E-state index contributed by atoms with van der Waals surface area (Å²) in [7, 11) is 2.65. The predicted octanol–water partition coefficient (Wildman–Crippen LogP) is -6.39. The Labute approximate surface area is 284 Å². The number of hydrogen-bond donors (Lipinski definition) is 10. The third-order valence-corrected chi connectivity index (χ3v) is 8.18. The van der Waals surface area contributed by atoms with Gasteiger partial charge in [0.15, 0.2) is 12.6 Å². The molecule has 1 aromatic rings. The van der Waals surface area contributed by atoms with Crippen LogP contribution < -0.4 is 24.8 Å². The van der Waals surface area contributed by atoms with Gasteiger partial charge in [0.05, 0.1) is 40.1 Å². The molecular weight excluding hydrogens is 680 g/mol. The molecule has 4 heterocycles. The number of aliphatic hydroxyl groups is 8. The lowest BCUT2D eigenvalue weighted by atomic mass is 9.94. The Morgan fingerprint density at radius 1 is 0.660 bits per heavy atom. The van der Waals surface area contributed by atoms with Crippen LogP contribution in [0.1, 0.15) is 13.8 Å². The molecule has 0 bridgehead atoms. The molecule has 3 saturated heterocycles. The summed E-state index contributed by atoms with van der Waals surface area (Å²) in [6.45, 7) is -0.163. The van der Waals surface area contributed by atoms with E-state index in [1.165, 1.54) is 20.3 Å². The second-order valence-corrected chi connectivity index (χ2v) is 11.6. The first kappa shape index (κ1) is 39.7. The Balaban J connectivity index is 1.59. The Morgan fingerprint density at radius 2 is 1.16 bits per heavy atom. The highest BCUT2D eigenvalue weighted by atomic mass is 16.7. The van der Waals surface area contributed by atoms with E-state index in [1.807, 2.05) is 0 Å². The smallest absolute Gasteiger partial charge is 0.325 e. The fourth-order valence-electron chi connectivity index (χ4n) is 5.70. The number of amides is 2. The van der Waals surface area contributed by atoms with Gasteiger partial charge < -0.3 is 89.4 Å². The van der Waals surface area contributed by atoms with E-state index in [9.17, 15) is 50.4 Å². The number of ether oxygens (including phenoxy) is 8. The minimum atomic E-state index is -2.00. The first-order chi connectivity index (χ1) is 23.8. The molecule has 0 aromatic carbocycles. The van der Waals surface area contributed by atoms with Gasteiger partial charge in [-0.2, -0.15) is 9.97 Å². The van der Waals surface area contributed by atoms with Crippen LogP contribution in [-0.2, 0) is 33.3 Å². The van der Waals surface area contributed by atoms with Gasteiger partial charge in [0.25, 0.3) is 0 Å². The fraction of sp³-hybridized carbons (Fsp3) is 0.786. The molecule has 0 radical (unpaired) electrons. The second-order valence-electron chi connectivity index (χ2n) is 11.6. The van der Waals surface area contributed by atoms with Gasteiger partial charge >= 0.3 is 6.01 Å². The van der Waals surface area contributed by atoms with Crippen molar-refractivity contribution in [3.63, 3.8) is 0 Å². The number of aromatic nitrogens is 2. The van der Waals surface area contributed by atoms with E-state index < -0.39 is 124 Å². The zero-order valence-electron chi connectivity index (χ0n) is 27.4. The molecular formula is C28H44N4O18. The molecule has 1 aromatic heterocycles. The van der Waals surface area contributed by atoms with E-state index in [0.29, 0.717) is 0 Å². The van der Waals surface area contributed by atoms with E-state index in [2.05, 4.69) is 20.6 Å². The largest absolute Gasteiger partial charge is 0.481 e. The van der Waals surface area contributed by atoms with Gasteiger partial charge in [-0.05, 0) is 0 Å². The molecule has 3 aliphatic heterocycles. The van der Waals surface area contributed by atoms with Crippen molar-refractivity contribution in [2.75, 3.05) is 34.0 Å². The summed E-state index contributed by atoms with van der Waals surface area (Å²) in [6.07, 6.45) is -21.6. The highest BCUT2D eigenvalue weighted by Crippen LogP contribution is 2.33. The first-order valence-electron chi connectivity index (χ1n) is 15.4. The van der Waals surface area contributed by atoms with Crippen molar-refractivity contribution in [2.24, 2.45) is 0 Å². The average molecular weight is 725 g/mol. The lowest BCUT2D eigenvalue weighted by Crippen LogP contribution is -2.69. The van der Waals surface area contributed by atoms with Crippen LogP contribution in [0.2, 0.25) is 0 Å². The Bertz CT molecular complexity index is 1260. The summed E-state index contributed by atoms with van der Waals surface area (Å²) in [5, 5.41) is 89.1. The number of aliphatic hydroxyl groups excluding tert-OH is 8. The minimum absolute atomic E-state index is 0.0319. The van der Waals surface area contributed by atoms with Crippen molar-refractivity contribution in [3.8, 4) is 17.8 Å². The Kier molecular flexibility index (Phi) is 13.8. The zero-order chi connectivity index (χ0) is 36.9. The van der Waals surface area contributed by atoms with Crippen molar-refractivity contribution in [1.82, 2.24) is 20.6 Å². The van der Waals surface area contributed by atoms with Crippen molar-refractivity contribution < 1.29 is 88.3 Å². The molecule has 0 aliphatic carbocycles. The molecule has 22 nitrogen and oxygen atoms in total. The van der Waals surface area contributed by atoms with Crippen LogP contribution in [0.15, 0.2) is 6.07 Å². The minimum Gasteiger partial charge on any atom is -0.481 e. The molecule has 4 rings (SSSR count). The molecule has 3 fully saturated rings. The van der Waals surface area contributed by atoms with Gasteiger partial charge in [-0.1, -0.05) is 0 Å². The maximum absolute atomic E-state index is 12.3. The number of nitrogens with zero attached hydrogens (tertiary/aromatic N) is 2. The number of rotatable bonds is 13. The summed E-state index contributed by atoms with van der Waals surface area (Å²) in [5.41, 5.74) is 0. The van der Waals surface area contributed by atoms with Crippen LogP contribution in [-0.4, -0.2) is 189 Å². The summed E-state index contributed by atoms with van der Waals surface area (Å²) in [4.78, 5) is 32.2. The van der Waals surface area contributed by atoms with Gasteiger partial charge in [0.1, 0.15) is 73.1 Å². The van der Waals surface area contributed by atoms with Crippen LogP contribution in [0.3, 0.4) is 0 Å². The molecule has 0 spiro atoms. The van der Waals surface area contributed by atoms with Gasteiger partial charge in [0.2, 0.25) is 29.9 Å². The molecule has 3 aliphatic rings. The maximum Gasteiger partial charge on any atom is 0.325 e. The van der Waals surface area contributed by atoms with Crippen LogP contribution in [0.4, 0.5) is 0 Å². The number of carbonyl (C=O) groups is 2. The Morgan fingerprint density at radius 3 is 1.70 bits per heavy atom. The van der Waals surface area contributed by atoms with Crippen molar-refractivity contribution >= 4 is 11.8 Å². The number of hydrogen-bond acceptors (Lipinski definition) is 20. The van der Waals surface area contributed by atoms with Crippen LogP contribution >= 0.6 is 0 Å². The molecule has 0 unspecified atom stereocenters. The van der Waals surface area contributed by atoms with Gasteiger partial charge in [0, 0.05) is 13.8 Å². The maximum atomic E-state index is 12.3. The SMILES string of the molecule is COc1cc(OC)nc(O[C@H]2O[C@H](CO)[C@H](O)[C@H](O[C@@H]3O[C@H](CO)[C@H](O[C@H]4O[C@H](CO)[C@@H](O)[C@H](O)[C@H]4NC(C)=O)[C@H](O)[C@H]3O)[C@H]2NC(C)=O)n1. The molecule has 0 saturated carbocycles. The molecule has 10 N–H and O–H groups in total. The predicted molar refractivity (Wildman–Crippen MR) is 158 cm³/mol. The third kappa shape index (κ3) is 8.85. The van der Waals surface area contributed by atoms with E-state index >= 15 is 0 Å². The van der Waals surface area contributed by atoms with E-state index in [0.717, 1.165) is 13.8 Å². The average Bonchev–Trinajstić information content (AvgIpc) is 3.09. The summed E-state index contributed by atoms with van der Waals surface area (Å²) in [6, 6.07) is -1.86. The quantitative estimate of drug-likeness (QED) is 0.0904. The lowest BCUT2D eigenvalue weighted by Gasteiger charge is -2.49. The number of nitrogens with one attached hydrogen (secondary N) is 2. The van der Waals surface area contributed by atoms with E-state index in [1.54, 1.807) is 0 Å². The van der Waals surface area contributed by atoms with Crippen molar-refractivity contribution in [3.05, 3.63) is 6.07 Å².